The summed E-state index contributed by atoms with van der Waals surface area (Å²) in [5.41, 5.74) is 0.689. The Morgan fingerprint density at radius 3 is 2.36 bits per heavy atom. The van der Waals surface area contributed by atoms with Gasteiger partial charge in [-0.1, -0.05) is 45.9 Å². The Morgan fingerprint density at radius 2 is 1.76 bits per heavy atom. The van der Waals surface area contributed by atoms with Crippen molar-refractivity contribution in [3.8, 4) is 0 Å². The van der Waals surface area contributed by atoms with E-state index in [9.17, 15) is 9.59 Å². The van der Waals surface area contributed by atoms with Crippen LogP contribution in [0.3, 0.4) is 0 Å². The van der Waals surface area contributed by atoms with Gasteiger partial charge in [-0.2, -0.15) is 0 Å². The Hall–Kier alpha value is -1.84. The lowest BCUT2D eigenvalue weighted by Crippen LogP contribution is -2.50. The molecule has 0 bridgehead atoms. The van der Waals surface area contributed by atoms with Crippen molar-refractivity contribution < 1.29 is 9.59 Å². The Morgan fingerprint density at radius 1 is 1.12 bits per heavy atom. The summed E-state index contributed by atoms with van der Waals surface area (Å²) >= 11 is 0. The summed E-state index contributed by atoms with van der Waals surface area (Å²) in [5.74, 6) is 0.176. The van der Waals surface area contributed by atoms with Crippen LogP contribution in [0.5, 0.6) is 0 Å². The zero-order chi connectivity index (χ0) is 18.8. The lowest BCUT2D eigenvalue weighted by atomic mass is 9.84. The van der Waals surface area contributed by atoms with Gasteiger partial charge >= 0.3 is 0 Å². The minimum absolute atomic E-state index is 0.0789. The average molecular weight is 344 g/mol. The summed E-state index contributed by atoms with van der Waals surface area (Å²) in [6.07, 6.45) is 2.16. The summed E-state index contributed by atoms with van der Waals surface area (Å²) in [4.78, 5) is 27.7. The van der Waals surface area contributed by atoms with E-state index in [1.54, 1.807) is 13.8 Å². The molecule has 1 heterocycles. The van der Waals surface area contributed by atoms with Crippen LogP contribution in [0.4, 0.5) is 5.69 Å². The fourth-order valence-electron chi connectivity index (χ4n) is 3.39. The summed E-state index contributed by atoms with van der Waals surface area (Å²) in [6.45, 7) is 13.4. The van der Waals surface area contributed by atoms with Gasteiger partial charge in [0.1, 0.15) is 5.41 Å². The highest BCUT2D eigenvalue weighted by atomic mass is 16.2. The lowest BCUT2D eigenvalue weighted by Gasteiger charge is -2.36. The Kier molecular flexibility index (Phi) is 5.60. The monoisotopic (exact) mass is 344 g/mol. The standard InChI is InChI=1S/C21H32N2O2/c1-15-10-9-13-23(14-15)19(25)21(5,6)18(24)22-17-12-8-7-11-16(17)20(2,3)4/h7-8,11-12,15H,9-10,13-14H2,1-6H3,(H,22,24). The molecule has 1 saturated heterocycles. The molecular formula is C21H32N2O2. The maximum absolute atomic E-state index is 12.9. The van der Waals surface area contributed by atoms with Gasteiger partial charge in [0, 0.05) is 18.8 Å². The number of carbonyl (C=O) groups is 2. The summed E-state index contributed by atoms with van der Waals surface area (Å²) in [5, 5.41) is 3.00. The molecule has 1 aromatic carbocycles. The molecule has 1 aliphatic heterocycles. The molecule has 1 aromatic rings. The molecule has 1 aliphatic rings. The second-order valence-corrected chi connectivity index (χ2v) is 8.87. The van der Waals surface area contributed by atoms with Crippen molar-refractivity contribution in [2.45, 2.75) is 59.8 Å². The first-order chi connectivity index (χ1) is 11.5. The number of hydrogen-bond acceptors (Lipinski definition) is 2. The van der Waals surface area contributed by atoms with Crippen LogP contribution >= 0.6 is 0 Å². The van der Waals surface area contributed by atoms with Gasteiger partial charge < -0.3 is 10.2 Å². The number of piperidine rings is 1. The van der Waals surface area contributed by atoms with E-state index in [1.165, 1.54) is 0 Å². The molecule has 0 spiro atoms. The van der Waals surface area contributed by atoms with Crippen molar-refractivity contribution >= 4 is 17.5 Å². The highest BCUT2D eigenvalue weighted by molar-refractivity contribution is 6.10. The first-order valence-corrected chi connectivity index (χ1v) is 9.24. The van der Waals surface area contributed by atoms with E-state index in [4.69, 9.17) is 0 Å². The van der Waals surface area contributed by atoms with E-state index >= 15 is 0 Å². The van der Waals surface area contributed by atoms with E-state index in [0.29, 0.717) is 5.92 Å². The molecular weight excluding hydrogens is 312 g/mol. The second-order valence-electron chi connectivity index (χ2n) is 8.87. The third kappa shape index (κ3) is 4.42. The van der Waals surface area contributed by atoms with Gasteiger partial charge in [0.2, 0.25) is 11.8 Å². The topological polar surface area (TPSA) is 49.4 Å². The van der Waals surface area contributed by atoms with Gasteiger partial charge in [-0.3, -0.25) is 9.59 Å². The van der Waals surface area contributed by atoms with E-state index in [-0.39, 0.29) is 17.2 Å². The highest BCUT2D eigenvalue weighted by Crippen LogP contribution is 2.31. The van der Waals surface area contributed by atoms with E-state index in [1.807, 2.05) is 29.2 Å². The number of nitrogens with zero attached hydrogens (tertiary/aromatic N) is 1. The summed E-state index contributed by atoms with van der Waals surface area (Å²) in [6, 6.07) is 7.81. The number of hydrogen-bond donors (Lipinski definition) is 1. The van der Waals surface area contributed by atoms with Crippen LogP contribution in [0.1, 0.15) is 59.9 Å². The fraction of sp³-hybridized carbons (Fsp3) is 0.619. The largest absolute Gasteiger partial charge is 0.342 e. The highest BCUT2D eigenvalue weighted by Gasteiger charge is 2.40. The number of likely N-dealkylation sites (tertiary alicyclic amines) is 1. The van der Waals surface area contributed by atoms with E-state index in [0.717, 1.165) is 37.2 Å². The van der Waals surface area contributed by atoms with Crippen LogP contribution in [0.2, 0.25) is 0 Å². The van der Waals surface area contributed by atoms with Crippen LogP contribution in [-0.2, 0) is 15.0 Å². The Bertz CT molecular complexity index is 644. The van der Waals surface area contributed by atoms with Crippen LogP contribution in [-0.4, -0.2) is 29.8 Å². The van der Waals surface area contributed by atoms with Gasteiger partial charge in [0.05, 0.1) is 0 Å². The molecule has 1 atom stereocenters. The molecule has 0 radical (unpaired) electrons. The van der Waals surface area contributed by atoms with Gasteiger partial charge in [0.25, 0.3) is 0 Å². The number of para-hydroxylation sites is 1. The molecule has 1 unspecified atom stereocenters. The summed E-state index contributed by atoms with van der Waals surface area (Å²) in [7, 11) is 0. The molecule has 2 amide bonds. The van der Waals surface area contributed by atoms with Crippen molar-refractivity contribution in [2.24, 2.45) is 11.3 Å². The smallest absolute Gasteiger partial charge is 0.239 e. The SMILES string of the molecule is CC1CCCN(C(=O)C(C)(C)C(=O)Nc2ccccc2C(C)(C)C)C1. The van der Waals surface area contributed by atoms with Gasteiger partial charge in [0.15, 0.2) is 0 Å². The molecule has 2 rings (SSSR count). The second kappa shape index (κ2) is 7.19. The van der Waals surface area contributed by atoms with Crippen LogP contribution < -0.4 is 5.32 Å². The molecule has 138 valence electrons. The Labute approximate surface area is 152 Å². The minimum atomic E-state index is -1.08. The summed E-state index contributed by atoms with van der Waals surface area (Å²) < 4.78 is 0. The fourth-order valence-corrected chi connectivity index (χ4v) is 3.39. The Balaban J connectivity index is 2.18. The van der Waals surface area contributed by atoms with Crippen molar-refractivity contribution in [2.75, 3.05) is 18.4 Å². The molecule has 25 heavy (non-hydrogen) atoms. The number of benzene rings is 1. The lowest BCUT2D eigenvalue weighted by molar-refractivity contribution is -0.147. The van der Waals surface area contributed by atoms with Crippen molar-refractivity contribution in [1.82, 2.24) is 4.90 Å². The number of rotatable bonds is 3. The molecule has 0 saturated carbocycles. The van der Waals surface area contributed by atoms with Gasteiger partial charge in [-0.25, -0.2) is 0 Å². The quantitative estimate of drug-likeness (QED) is 0.835. The maximum atomic E-state index is 12.9. The zero-order valence-corrected chi connectivity index (χ0v) is 16.5. The maximum Gasteiger partial charge on any atom is 0.239 e. The predicted octanol–water partition coefficient (Wildman–Crippen LogP) is 4.21. The van der Waals surface area contributed by atoms with Crippen LogP contribution in [0.15, 0.2) is 24.3 Å². The van der Waals surface area contributed by atoms with Gasteiger partial charge in [-0.15, -0.1) is 0 Å². The molecule has 4 heteroatoms. The third-order valence-corrected chi connectivity index (χ3v) is 5.03. The molecule has 0 aromatic heterocycles. The van der Waals surface area contributed by atoms with Gasteiger partial charge in [-0.05, 0) is 49.7 Å². The van der Waals surface area contributed by atoms with Crippen molar-refractivity contribution in [3.63, 3.8) is 0 Å². The number of anilines is 1. The normalized spacial score (nSPS) is 18.8. The van der Waals surface area contributed by atoms with Crippen molar-refractivity contribution in [1.29, 1.82) is 0 Å². The molecule has 1 fully saturated rings. The average Bonchev–Trinajstić information content (AvgIpc) is 2.53. The number of carbonyl (C=O) groups excluding carboxylic acids is 2. The number of amides is 2. The zero-order valence-electron chi connectivity index (χ0n) is 16.5. The molecule has 0 aliphatic carbocycles. The predicted molar refractivity (Wildman–Crippen MR) is 103 cm³/mol. The van der Waals surface area contributed by atoms with Crippen LogP contribution in [0, 0.1) is 11.3 Å². The molecule has 1 N–H and O–H groups in total. The van der Waals surface area contributed by atoms with E-state index < -0.39 is 5.41 Å². The first kappa shape index (κ1) is 19.5. The first-order valence-electron chi connectivity index (χ1n) is 9.24. The minimum Gasteiger partial charge on any atom is -0.342 e. The van der Waals surface area contributed by atoms with Crippen LogP contribution in [0.25, 0.3) is 0 Å². The molecule has 4 nitrogen and oxygen atoms in total. The third-order valence-electron chi connectivity index (χ3n) is 5.03. The number of nitrogens with one attached hydrogen (secondary N) is 1. The van der Waals surface area contributed by atoms with Crippen molar-refractivity contribution in [3.05, 3.63) is 29.8 Å². The van der Waals surface area contributed by atoms with E-state index in [2.05, 4.69) is 33.0 Å².